The van der Waals surface area contributed by atoms with Gasteiger partial charge < -0.3 is 30.3 Å². The van der Waals surface area contributed by atoms with Crippen LogP contribution in [0.15, 0.2) is 18.7 Å². The standard InChI is InChI=1S/C22H33N11/c1-31(13-7-24-20-19-21(26-15-25-19)28-16-27-20)12-6-23-17-14-18(32-8-2-3-9-32)30-22(29-17)33-10-4-5-11-33/h14-16H,2-13H2,1H3,(H,23,29,30)(H2,24,25,26,27,28). The monoisotopic (exact) mass is 451 g/mol. The molecule has 5 rings (SSSR count). The average Bonchev–Trinajstić information content (AvgIpc) is 3.62. The summed E-state index contributed by atoms with van der Waals surface area (Å²) in [5.74, 6) is 3.63. The lowest BCUT2D eigenvalue weighted by Gasteiger charge is -2.22. The molecule has 0 aromatic carbocycles. The molecule has 11 heteroatoms. The molecular formula is C22H33N11. The Hall–Kier alpha value is -3.21. The van der Waals surface area contributed by atoms with E-state index >= 15 is 0 Å². The van der Waals surface area contributed by atoms with Crippen LogP contribution in [0, 0.1) is 0 Å². The summed E-state index contributed by atoms with van der Waals surface area (Å²) >= 11 is 0. The second kappa shape index (κ2) is 10.2. The van der Waals surface area contributed by atoms with Gasteiger partial charge in [-0.15, -0.1) is 0 Å². The Labute approximate surface area is 194 Å². The number of fused-ring (bicyclic) bond motifs is 1. The van der Waals surface area contributed by atoms with E-state index in [1.54, 1.807) is 6.33 Å². The number of hydrogen-bond donors (Lipinski definition) is 3. The number of imidazole rings is 1. The van der Waals surface area contributed by atoms with Gasteiger partial charge >= 0.3 is 0 Å². The highest BCUT2D eigenvalue weighted by Gasteiger charge is 2.20. The molecule has 11 nitrogen and oxygen atoms in total. The number of nitrogens with zero attached hydrogens (tertiary/aromatic N) is 8. The molecule has 0 atom stereocenters. The lowest BCUT2D eigenvalue weighted by Crippen LogP contribution is -2.30. The molecule has 3 aromatic rings. The van der Waals surface area contributed by atoms with Crippen molar-refractivity contribution in [1.82, 2.24) is 34.8 Å². The molecule has 2 aliphatic heterocycles. The SMILES string of the molecule is CN(CCNc1cc(N2CCCC2)nc(N2CCCC2)n1)CCNc1ncnc2nc[nH]c12. The highest BCUT2D eigenvalue weighted by molar-refractivity contribution is 5.81. The molecular weight excluding hydrogens is 418 g/mol. The van der Waals surface area contributed by atoms with E-state index in [1.807, 2.05) is 0 Å². The van der Waals surface area contributed by atoms with E-state index < -0.39 is 0 Å². The molecule has 0 spiro atoms. The van der Waals surface area contributed by atoms with Gasteiger partial charge in [-0.1, -0.05) is 0 Å². The molecule has 33 heavy (non-hydrogen) atoms. The molecule has 176 valence electrons. The van der Waals surface area contributed by atoms with Gasteiger partial charge in [0.15, 0.2) is 11.5 Å². The molecule has 0 saturated carbocycles. The third-order valence-electron chi connectivity index (χ3n) is 6.33. The fourth-order valence-corrected chi connectivity index (χ4v) is 4.43. The summed E-state index contributed by atoms with van der Waals surface area (Å²) in [6.45, 7) is 7.69. The number of aromatic amines is 1. The van der Waals surface area contributed by atoms with Crippen LogP contribution >= 0.6 is 0 Å². The van der Waals surface area contributed by atoms with E-state index in [-0.39, 0.29) is 0 Å². The zero-order valence-electron chi connectivity index (χ0n) is 19.3. The van der Waals surface area contributed by atoms with E-state index in [1.165, 1.54) is 32.0 Å². The minimum atomic E-state index is 0.677. The lowest BCUT2D eigenvalue weighted by molar-refractivity contribution is 0.360. The van der Waals surface area contributed by atoms with Crippen molar-refractivity contribution in [3.8, 4) is 0 Å². The van der Waals surface area contributed by atoms with Gasteiger partial charge in [-0.3, -0.25) is 0 Å². The molecule has 0 aliphatic carbocycles. The smallest absolute Gasteiger partial charge is 0.229 e. The second-order valence-corrected chi connectivity index (χ2v) is 8.78. The summed E-state index contributed by atoms with van der Waals surface area (Å²) in [7, 11) is 2.13. The normalized spacial score (nSPS) is 16.3. The minimum absolute atomic E-state index is 0.677. The summed E-state index contributed by atoms with van der Waals surface area (Å²) in [5.41, 5.74) is 1.52. The summed E-state index contributed by atoms with van der Waals surface area (Å²) < 4.78 is 0. The van der Waals surface area contributed by atoms with Crippen LogP contribution in [0.3, 0.4) is 0 Å². The van der Waals surface area contributed by atoms with Crippen molar-refractivity contribution < 1.29 is 0 Å². The Morgan fingerprint density at radius 2 is 1.64 bits per heavy atom. The molecule has 2 saturated heterocycles. The Morgan fingerprint density at radius 1 is 0.909 bits per heavy atom. The highest BCUT2D eigenvalue weighted by atomic mass is 15.3. The van der Waals surface area contributed by atoms with Gasteiger partial charge in [0.05, 0.1) is 6.33 Å². The van der Waals surface area contributed by atoms with Crippen LogP contribution in [0.1, 0.15) is 25.7 Å². The molecule has 0 radical (unpaired) electrons. The Morgan fingerprint density at radius 3 is 2.42 bits per heavy atom. The summed E-state index contributed by atoms with van der Waals surface area (Å²) in [5, 5.41) is 6.91. The van der Waals surface area contributed by atoms with Crippen LogP contribution in [-0.2, 0) is 0 Å². The number of rotatable bonds is 10. The van der Waals surface area contributed by atoms with Crippen LogP contribution in [0.4, 0.5) is 23.4 Å². The van der Waals surface area contributed by atoms with E-state index in [0.717, 1.165) is 81.3 Å². The first-order chi connectivity index (χ1) is 16.3. The first-order valence-electron chi connectivity index (χ1n) is 12.0. The average molecular weight is 452 g/mol. The molecule has 2 fully saturated rings. The highest BCUT2D eigenvalue weighted by Crippen LogP contribution is 2.25. The van der Waals surface area contributed by atoms with Crippen LogP contribution in [-0.4, -0.2) is 94.2 Å². The quantitative estimate of drug-likeness (QED) is 0.421. The molecule has 3 aromatic heterocycles. The Kier molecular flexibility index (Phi) is 6.66. The molecule has 3 N–H and O–H groups in total. The van der Waals surface area contributed by atoms with Gasteiger partial charge in [-0.25, -0.2) is 15.0 Å². The molecule has 2 aliphatic rings. The number of hydrogen-bond acceptors (Lipinski definition) is 10. The topological polar surface area (TPSA) is 114 Å². The van der Waals surface area contributed by atoms with Gasteiger partial charge in [0.1, 0.15) is 23.5 Å². The zero-order valence-corrected chi connectivity index (χ0v) is 19.3. The van der Waals surface area contributed by atoms with Gasteiger partial charge in [-0.05, 0) is 32.7 Å². The van der Waals surface area contributed by atoms with Crippen LogP contribution in [0.2, 0.25) is 0 Å². The lowest BCUT2D eigenvalue weighted by atomic mass is 10.4. The van der Waals surface area contributed by atoms with E-state index in [2.05, 4.69) is 58.4 Å². The molecule has 0 unspecified atom stereocenters. The van der Waals surface area contributed by atoms with Gasteiger partial charge in [0.25, 0.3) is 0 Å². The van der Waals surface area contributed by atoms with Crippen molar-refractivity contribution in [3.05, 3.63) is 18.7 Å². The fourth-order valence-electron chi connectivity index (χ4n) is 4.43. The van der Waals surface area contributed by atoms with E-state index in [9.17, 15) is 0 Å². The van der Waals surface area contributed by atoms with Crippen molar-refractivity contribution in [2.45, 2.75) is 25.7 Å². The number of H-pyrrole nitrogens is 1. The van der Waals surface area contributed by atoms with Crippen molar-refractivity contribution >= 4 is 34.6 Å². The van der Waals surface area contributed by atoms with Crippen LogP contribution < -0.4 is 20.4 Å². The van der Waals surface area contributed by atoms with E-state index in [0.29, 0.717) is 5.65 Å². The Bertz CT molecular complexity index is 1010. The number of aromatic nitrogens is 6. The summed E-state index contributed by atoms with van der Waals surface area (Å²) in [4.78, 5) is 32.4. The van der Waals surface area contributed by atoms with Crippen molar-refractivity contribution in [2.24, 2.45) is 0 Å². The maximum Gasteiger partial charge on any atom is 0.229 e. The van der Waals surface area contributed by atoms with Gasteiger partial charge in [0.2, 0.25) is 5.95 Å². The second-order valence-electron chi connectivity index (χ2n) is 8.78. The molecule has 0 bridgehead atoms. The van der Waals surface area contributed by atoms with Crippen molar-refractivity contribution in [3.63, 3.8) is 0 Å². The summed E-state index contributed by atoms with van der Waals surface area (Å²) in [6.07, 6.45) is 8.10. The first kappa shape index (κ1) is 21.6. The van der Waals surface area contributed by atoms with Crippen molar-refractivity contribution in [1.29, 1.82) is 0 Å². The van der Waals surface area contributed by atoms with E-state index in [4.69, 9.17) is 9.97 Å². The van der Waals surface area contributed by atoms with Crippen molar-refractivity contribution in [2.75, 3.05) is 79.8 Å². The van der Waals surface area contributed by atoms with Crippen LogP contribution in [0.25, 0.3) is 11.2 Å². The molecule has 5 heterocycles. The maximum absolute atomic E-state index is 4.89. The predicted octanol–water partition coefficient (Wildman–Crippen LogP) is 1.80. The van der Waals surface area contributed by atoms with Gasteiger partial charge in [0, 0.05) is 58.4 Å². The molecule has 0 amide bonds. The third kappa shape index (κ3) is 5.24. The zero-order chi connectivity index (χ0) is 22.5. The fraction of sp³-hybridized carbons (Fsp3) is 0.591. The Balaban J connectivity index is 1.13. The predicted molar refractivity (Wildman–Crippen MR) is 131 cm³/mol. The third-order valence-corrected chi connectivity index (χ3v) is 6.33. The maximum atomic E-state index is 4.89. The van der Waals surface area contributed by atoms with Gasteiger partial charge in [-0.2, -0.15) is 9.97 Å². The number of anilines is 4. The minimum Gasteiger partial charge on any atom is -0.369 e. The summed E-state index contributed by atoms with van der Waals surface area (Å²) in [6, 6.07) is 2.11. The van der Waals surface area contributed by atoms with Crippen LogP contribution in [0.5, 0.6) is 0 Å². The number of nitrogens with one attached hydrogen (secondary N) is 3. The largest absolute Gasteiger partial charge is 0.369 e. The first-order valence-corrected chi connectivity index (χ1v) is 12.0. The number of likely N-dealkylation sites (N-methyl/N-ethyl adjacent to an activating group) is 1.